The molecule has 0 unspecified atom stereocenters. The van der Waals surface area contributed by atoms with Gasteiger partial charge in [0.2, 0.25) is 0 Å². The molecule has 0 atom stereocenters. The lowest BCUT2D eigenvalue weighted by Gasteiger charge is -2.09. The number of hydrogen-bond acceptors (Lipinski definition) is 5. The molecule has 162 valence electrons. The van der Waals surface area contributed by atoms with Crippen molar-refractivity contribution in [1.82, 2.24) is 0 Å². The molecule has 0 saturated carbocycles. The van der Waals surface area contributed by atoms with Gasteiger partial charge in [0.25, 0.3) is 0 Å². The van der Waals surface area contributed by atoms with Gasteiger partial charge < -0.3 is 9.47 Å². The van der Waals surface area contributed by atoms with Crippen molar-refractivity contribution in [3.63, 3.8) is 0 Å². The number of rotatable bonds is 8. The zero-order valence-corrected chi connectivity index (χ0v) is 18.4. The third kappa shape index (κ3) is 6.19. The first-order valence-electron chi connectivity index (χ1n) is 10.3. The van der Waals surface area contributed by atoms with Gasteiger partial charge in [-0.05, 0) is 66.9 Å². The summed E-state index contributed by atoms with van der Waals surface area (Å²) in [5.74, 6) is -0.647. The lowest BCUT2D eigenvalue weighted by molar-refractivity contribution is 0.0730. The van der Waals surface area contributed by atoms with Gasteiger partial charge in [-0.1, -0.05) is 43.5 Å². The number of esters is 2. The van der Waals surface area contributed by atoms with Gasteiger partial charge >= 0.3 is 11.9 Å². The van der Waals surface area contributed by atoms with E-state index in [1.807, 2.05) is 18.2 Å². The molecule has 0 saturated heterocycles. The van der Waals surface area contributed by atoms with Gasteiger partial charge in [0.1, 0.15) is 11.5 Å². The molecule has 3 aromatic carbocycles. The van der Waals surface area contributed by atoms with Crippen LogP contribution < -0.4 is 9.47 Å². The van der Waals surface area contributed by atoms with Crippen molar-refractivity contribution in [2.45, 2.75) is 32.6 Å². The van der Waals surface area contributed by atoms with E-state index in [4.69, 9.17) is 26.3 Å². The van der Waals surface area contributed by atoms with E-state index < -0.39 is 11.9 Å². The molecule has 3 rings (SSSR count). The van der Waals surface area contributed by atoms with Crippen LogP contribution in [0.3, 0.4) is 0 Å². The maximum Gasteiger partial charge on any atom is 0.345 e. The smallest absolute Gasteiger partial charge is 0.345 e. The van der Waals surface area contributed by atoms with Crippen molar-refractivity contribution in [2.24, 2.45) is 0 Å². The van der Waals surface area contributed by atoms with Gasteiger partial charge in [0.15, 0.2) is 0 Å². The second-order valence-electron chi connectivity index (χ2n) is 7.21. The molecule has 0 heterocycles. The van der Waals surface area contributed by atoms with Crippen LogP contribution in [0.4, 0.5) is 0 Å². The second kappa shape index (κ2) is 11.1. The molecule has 3 aromatic rings. The molecule has 0 fully saturated rings. The fourth-order valence-corrected chi connectivity index (χ4v) is 3.28. The number of hydrogen-bond donors (Lipinski definition) is 0. The summed E-state index contributed by atoms with van der Waals surface area (Å²) in [6.07, 6.45) is 4.46. The number of carbonyl (C=O) groups excluding carboxylic acids is 2. The van der Waals surface area contributed by atoms with Gasteiger partial charge in [0.05, 0.1) is 27.8 Å². The summed E-state index contributed by atoms with van der Waals surface area (Å²) in [5, 5.41) is 8.92. The second-order valence-corrected chi connectivity index (χ2v) is 7.62. The molecule has 0 aliphatic heterocycles. The van der Waals surface area contributed by atoms with Crippen LogP contribution in [0, 0.1) is 11.3 Å². The van der Waals surface area contributed by atoms with Gasteiger partial charge in [-0.3, -0.25) is 0 Å². The fourth-order valence-electron chi connectivity index (χ4n) is 3.04. The summed E-state index contributed by atoms with van der Waals surface area (Å²) in [6, 6.07) is 19.8. The van der Waals surface area contributed by atoms with E-state index >= 15 is 0 Å². The van der Waals surface area contributed by atoms with E-state index in [-0.39, 0.29) is 16.3 Å². The van der Waals surface area contributed by atoms with E-state index in [2.05, 4.69) is 6.92 Å². The van der Waals surface area contributed by atoms with E-state index in [1.165, 1.54) is 48.7 Å². The minimum atomic E-state index is -0.656. The Morgan fingerprint density at radius 2 is 1.53 bits per heavy atom. The molecule has 0 bridgehead atoms. The Morgan fingerprint density at radius 3 is 2.16 bits per heavy atom. The van der Waals surface area contributed by atoms with Gasteiger partial charge in [-0.25, -0.2) is 9.59 Å². The predicted octanol–water partition coefficient (Wildman–Crippen LogP) is 6.38. The molecular formula is C26H22ClNO4. The number of nitrogens with zero attached hydrogens (tertiary/aromatic N) is 1. The summed E-state index contributed by atoms with van der Waals surface area (Å²) >= 11 is 6.21. The minimum Gasteiger partial charge on any atom is -0.423 e. The molecule has 6 heteroatoms. The Hall–Kier alpha value is -3.62. The van der Waals surface area contributed by atoms with Crippen LogP contribution in [-0.4, -0.2) is 11.9 Å². The van der Waals surface area contributed by atoms with Crippen molar-refractivity contribution in [2.75, 3.05) is 0 Å². The monoisotopic (exact) mass is 447 g/mol. The molecule has 5 nitrogen and oxygen atoms in total. The summed E-state index contributed by atoms with van der Waals surface area (Å²) in [6.45, 7) is 2.16. The number of aryl methyl sites for hydroxylation is 1. The van der Waals surface area contributed by atoms with Crippen molar-refractivity contribution in [3.05, 3.63) is 94.0 Å². The van der Waals surface area contributed by atoms with Crippen molar-refractivity contribution in [1.29, 1.82) is 5.26 Å². The number of nitriles is 1. The van der Waals surface area contributed by atoms with Crippen molar-refractivity contribution in [3.8, 4) is 17.6 Å². The van der Waals surface area contributed by atoms with Gasteiger partial charge in [-0.2, -0.15) is 5.26 Å². The number of unbranched alkanes of at least 4 members (excludes halogenated alkanes) is 2. The minimum absolute atomic E-state index is 0.0974. The van der Waals surface area contributed by atoms with Gasteiger partial charge in [0, 0.05) is 6.07 Å². The molecule has 0 amide bonds. The maximum absolute atomic E-state index is 12.4. The summed E-state index contributed by atoms with van der Waals surface area (Å²) in [4.78, 5) is 24.8. The zero-order valence-electron chi connectivity index (χ0n) is 17.6. The maximum atomic E-state index is 12.4. The van der Waals surface area contributed by atoms with E-state index in [1.54, 1.807) is 24.3 Å². The highest BCUT2D eigenvalue weighted by Crippen LogP contribution is 2.25. The Kier molecular flexibility index (Phi) is 8.02. The third-order valence-corrected chi connectivity index (χ3v) is 5.14. The van der Waals surface area contributed by atoms with Crippen LogP contribution in [0.25, 0.3) is 0 Å². The number of benzene rings is 3. The van der Waals surface area contributed by atoms with Crippen LogP contribution in [0.5, 0.6) is 11.5 Å². The van der Waals surface area contributed by atoms with Gasteiger partial charge in [-0.15, -0.1) is 0 Å². The Bertz CT molecular complexity index is 1130. The SMILES string of the molecule is CCCCCc1ccc(C(=O)Oc2ccc(C(=O)Oc3ccc(C#N)cc3)c(Cl)c2)cc1. The number of carbonyl (C=O) groups is 2. The number of halogens is 1. The zero-order chi connectivity index (χ0) is 22.9. The summed E-state index contributed by atoms with van der Waals surface area (Å²) < 4.78 is 10.7. The Balaban J connectivity index is 1.62. The highest BCUT2D eigenvalue weighted by Gasteiger charge is 2.16. The topological polar surface area (TPSA) is 76.4 Å². The van der Waals surface area contributed by atoms with Crippen LogP contribution in [0.1, 0.15) is 58.0 Å². The van der Waals surface area contributed by atoms with Crippen molar-refractivity contribution >= 4 is 23.5 Å². The molecule has 32 heavy (non-hydrogen) atoms. The van der Waals surface area contributed by atoms with Crippen LogP contribution in [0.2, 0.25) is 5.02 Å². The molecule has 0 aliphatic carbocycles. The number of ether oxygens (including phenoxy) is 2. The van der Waals surface area contributed by atoms with E-state index in [9.17, 15) is 9.59 Å². The van der Waals surface area contributed by atoms with Crippen molar-refractivity contribution < 1.29 is 19.1 Å². The lowest BCUT2D eigenvalue weighted by Crippen LogP contribution is -2.11. The first-order chi connectivity index (χ1) is 15.5. The molecule has 0 aromatic heterocycles. The lowest BCUT2D eigenvalue weighted by atomic mass is 10.1. The fraction of sp³-hybridized carbons (Fsp3) is 0.192. The average Bonchev–Trinajstić information content (AvgIpc) is 2.80. The first kappa shape index (κ1) is 23.1. The quantitative estimate of drug-likeness (QED) is 0.227. The first-order valence-corrected chi connectivity index (χ1v) is 10.7. The molecular weight excluding hydrogens is 426 g/mol. The largest absolute Gasteiger partial charge is 0.423 e. The molecule has 0 aliphatic rings. The van der Waals surface area contributed by atoms with Crippen LogP contribution in [0.15, 0.2) is 66.7 Å². The Labute approximate surface area is 192 Å². The van der Waals surface area contributed by atoms with Crippen LogP contribution >= 0.6 is 11.6 Å². The highest BCUT2D eigenvalue weighted by atomic mass is 35.5. The standard InChI is InChI=1S/C26H22ClNO4/c1-2-3-4-5-18-6-10-20(11-7-18)25(29)32-22-14-15-23(24(27)16-22)26(30)31-21-12-8-19(17-28)9-13-21/h6-16H,2-5H2,1H3. The molecule has 0 spiro atoms. The molecule has 0 N–H and O–H groups in total. The predicted molar refractivity (Wildman–Crippen MR) is 122 cm³/mol. The van der Waals surface area contributed by atoms with Crippen LogP contribution in [-0.2, 0) is 6.42 Å². The molecule has 0 radical (unpaired) electrons. The summed E-state index contributed by atoms with van der Waals surface area (Å²) in [5.41, 5.74) is 2.21. The van der Waals surface area contributed by atoms with E-state index in [0.717, 1.165) is 12.8 Å². The van der Waals surface area contributed by atoms with E-state index in [0.29, 0.717) is 16.9 Å². The normalized spacial score (nSPS) is 10.3. The average molecular weight is 448 g/mol. The Morgan fingerprint density at radius 1 is 0.875 bits per heavy atom. The highest BCUT2D eigenvalue weighted by molar-refractivity contribution is 6.33. The third-order valence-electron chi connectivity index (χ3n) is 4.82. The summed E-state index contributed by atoms with van der Waals surface area (Å²) in [7, 11) is 0.